The first kappa shape index (κ1) is 21.8. The molecule has 1 fully saturated rings. The molecular weight excluding hydrogens is 383 g/mol. The number of carbonyl (C=O) groups is 2. The van der Waals surface area contributed by atoms with Crippen molar-refractivity contribution in [2.75, 3.05) is 49.5 Å². The summed E-state index contributed by atoms with van der Waals surface area (Å²) < 4.78 is 14.0. The summed E-state index contributed by atoms with van der Waals surface area (Å²) >= 11 is 0. The number of benzene rings is 2. The average molecular weight is 413 g/mol. The van der Waals surface area contributed by atoms with Crippen LogP contribution in [0.25, 0.3) is 0 Å². The number of amides is 2. The van der Waals surface area contributed by atoms with Crippen molar-refractivity contribution in [3.05, 3.63) is 59.4 Å². The van der Waals surface area contributed by atoms with E-state index in [4.69, 9.17) is 0 Å². The van der Waals surface area contributed by atoms with Crippen LogP contribution in [-0.4, -0.2) is 56.0 Å². The Labute approximate surface area is 177 Å². The highest BCUT2D eigenvalue weighted by Gasteiger charge is 2.17. The smallest absolute Gasteiger partial charge is 0.254 e. The molecule has 30 heavy (non-hydrogen) atoms. The molecule has 2 amide bonds. The van der Waals surface area contributed by atoms with Crippen molar-refractivity contribution in [1.29, 1.82) is 0 Å². The Morgan fingerprint density at radius 3 is 2.53 bits per heavy atom. The molecule has 1 aliphatic heterocycles. The van der Waals surface area contributed by atoms with E-state index in [9.17, 15) is 14.0 Å². The first-order chi connectivity index (χ1) is 14.4. The zero-order valence-corrected chi connectivity index (χ0v) is 17.6. The predicted molar refractivity (Wildman–Crippen MR) is 117 cm³/mol. The number of hydrogen-bond acceptors (Lipinski definition) is 4. The van der Waals surface area contributed by atoms with Crippen molar-refractivity contribution in [2.45, 2.75) is 20.3 Å². The normalized spacial score (nSPS) is 14.4. The quantitative estimate of drug-likeness (QED) is 0.686. The Balaban J connectivity index is 1.40. The second kappa shape index (κ2) is 10.2. The molecule has 0 unspecified atom stereocenters. The molecule has 1 aliphatic rings. The summed E-state index contributed by atoms with van der Waals surface area (Å²) in [7, 11) is 0. The molecule has 0 aliphatic carbocycles. The number of aryl methyl sites for hydroxylation is 1. The highest BCUT2D eigenvalue weighted by atomic mass is 19.1. The minimum Gasteiger partial charge on any atom is -0.369 e. The molecule has 2 N–H and O–H groups in total. The van der Waals surface area contributed by atoms with Crippen LogP contribution in [0.15, 0.2) is 42.5 Å². The standard InChI is InChI=1S/C23H29FN4O2/c1-17-5-3-6-20(15-17)28-13-11-27(12-14-28)10-4-9-25-23(30)21-16-19(26-18(2)29)7-8-22(21)24/h3,5-8,15-16H,4,9-14H2,1-2H3,(H,25,30)(H,26,29). The van der Waals surface area contributed by atoms with Crippen molar-refractivity contribution >= 4 is 23.2 Å². The van der Waals surface area contributed by atoms with Gasteiger partial charge in [-0.1, -0.05) is 12.1 Å². The van der Waals surface area contributed by atoms with Gasteiger partial charge >= 0.3 is 0 Å². The maximum Gasteiger partial charge on any atom is 0.254 e. The Hall–Kier alpha value is -2.93. The van der Waals surface area contributed by atoms with E-state index in [1.807, 2.05) is 0 Å². The molecule has 0 aromatic heterocycles. The van der Waals surface area contributed by atoms with Gasteiger partial charge in [0.1, 0.15) is 5.82 Å². The van der Waals surface area contributed by atoms with Crippen molar-refractivity contribution < 1.29 is 14.0 Å². The van der Waals surface area contributed by atoms with Gasteiger partial charge in [-0.2, -0.15) is 0 Å². The SMILES string of the molecule is CC(=O)Nc1ccc(F)c(C(=O)NCCCN2CCN(c3cccc(C)c3)CC2)c1. The van der Waals surface area contributed by atoms with Crippen molar-refractivity contribution in [3.63, 3.8) is 0 Å². The molecule has 7 heteroatoms. The first-order valence-electron chi connectivity index (χ1n) is 10.3. The van der Waals surface area contributed by atoms with E-state index in [0.29, 0.717) is 12.2 Å². The number of anilines is 2. The summed E-state index contributed by atoms with van der Waals surface area (Å²) in [6.07, 6.45) is 0.795. The summed E-state index contributed by atoms with van der Waals surface area (Å²) in [5.41, 5.74) is 2.88. The summed E-state index contributed by atoms with van der Waals surface area (Å²) in [6, 6.07) is 12.5. The predicted octanol–water partition coefficient (Wildman–Crippen LogP) is 3.03. The van der Waals surface area contributed by atoms with Crippen molar-refractivity contribution in [1.82, 2.24) is 10.2 Å². The van der Waals surface area contributed by atoms with E-state index in [1.165, 1.54) is 36.4 Å². The maximum atomic E-state index is 14.0. The van der Waals surface area contributed by atoms with Crippen molar-refractivity contribution in [3.8, 4) is 0 Å². The minimum atomic E-state index is -0.603. The van der Waals surface area contributed by atoms with Crippen molar-refractivity contribution in [2.24, 2.45) is 0 Å². The number of halogens is 1. The molecule has 2 aromatic rings. The average Bonchev–Trinajstić information content (AvgIpc) is 2.72. The van der Waals surface area contributed by atoms with Crippen LogP contribution >= 0.6 is 0 Å². The number of carbonyl (C=O) groups excluding carboxylic acids is 2. The molecule has 1 saturated heterocycles. The molecule has 160 valence electrons. The van der Waals surface area contributed by atoms with Gasteiger partial charge in [0.25, 0.3) is 5.91 Å². The fourth-order valence-electron chi connectivity index (χ4n) is 3.63. The number of hydrogen-bond donors (Lipinski definition) is 2. The number of piperazine rings is 1. The fraction of sp³-hybridized carbons (Fsp3) is 0.391. The molecular formula is C23H29FN4O2. The molecule has 0 saturated carbocycles. The van der Waals surface area contributed by atoms with Crippen LogP contribution in [-0.2, 0) is 4.79 Å². The van der Waals surface area contributed by atoms with Gasteiger partial charge in [-0.05, 0) is 55.8 Å². The molecule has 0 spiro atoms. The van der Waals surface area contributed by atoms with Gasteiger partial charge in [0.2, 0.25) is 5.91 Å². The Morgan fingerprint density at radius 1 is 1.07 bits per heavy atom. The summed E-state index contributed by atoms with van der Waals surface area (Å²) in [6.45, 7) is 8.76. The van der Waals surface area contributed by atoms with Crippen LogP contribution in [0.1, 0.15) is 29.3 Å². The van der Waals surface area contributed by atoms with E-state index in [0.717, 1.165) is 39.1 Å². The third-order valence-corrected chi connectivity index (χ3v) is 5.21. The third-order valence-electron chi connectivity index (χ3n) is 5.21. The molecule has 2 aromatic carbocycles. The van der Waals surface area contributed by atoms with Gasteiger partial charge in [0.15, 0.2) is 0 Å². The van der Waals surface area contributed by atoms with Gasteiger partial charge in [-0.15, -0.1) is 0 Å². The van der Waals surface area contributed by atoms with Gasteiger partial charge in [0.05, 0.1) is 5.56 Å². The molecule has 0 bridgehead atoms. The first-order valence-corrected chi connectivity index (χ1v) is 10.3. The second-order valence-electron chi connectivity index (χ2n) is 7.65. The van der Waals surface area contributed by atoms with Crippen LogP contribution in [0, 0.1) is 12.7 Å². The van der Waals surface area contributed by atoms with Gasteiger partial charge in [0, 0.05) is 51.0 Å². The molecule has 6 nitrogen and oxygen atoms in total. The van der Waals surface area contributed by atoms with Crippen LogP contribution in [0.5, 0.6) is 0 Å². The second-order valence-corrected chi connectivity index (χ2v) is 7.65. The van der Waals surface area contributed by atoms with Crippen LogP contribution in [0.2, 0.25) is 0 Å². The number of rotatable bonds is 7. The lowest BCUT2D eigenvalue weighted by Gasteiger charge is -2.36. The van der Waals surface area contributed by atoms with E-state index in [2.05, 4.69) is 51.6 Å². The van der Waals surface area contributed by atoms with E-state index in [-0.39, 0.29) is 11.5 Å². The van der Waals surface area contributed by atoms with E-state index in [1.54, 1.807) is 0 Å². The topological polar surface area (TPSA) is 64.7 Å². The summed E-state index contributed by atoms with van der Waals surface area (Å²) in [4.78, 5) is 28.2. The van der Waals surface area contributed by atoms with Gasteiger partial charge < -0.3 is 15.5 Å². The largest absolute Gasteiger partial charge is 0.369 e. The minimum absolute atomic E-state index is 0.0620. The lowest BCUT2D eigenvalue weighted by atomic mass is 10.1. The number of nitrogens with one attached hydrogen (secondary N) is 2. The van der Waals surface area contributed by atoms with E-state index < -0.39 is 11.7 Å². The third kappa shape index (κ3) is 6.03. The maximum absolute atomic E-state index is 14.0. The summed E-state index contributed by atoms with van der Waals surface area (Å²) in [5.74, 6) is -1.34. The zero-order chi connectivity index (χ0) is 21.5. The lowest BCUT2D eigenvalue weighted by molar-refractivity contribution is -0.114. The number of nitrogens with zero attached hydrogens (tertiary/aromatic N) is 2. The Kier molecular flexibility index (Phi) is 7.41. The van der Waals surface area contributed by atoms with Crippen LogP contribution in [0.3, 0.4) is 0 Å². The molecule has 3 rings (SSSR count). The molecule has 0 radical (unpaired) electrons. The van der Waals surface area contributed by atoms with Crippen LogP contribution in [0.4, 0.5) is 15.8 Å². The Bertz CT molecular complexity index is 895. The van der Waals surface area contributed by atoms with E-state index >= 15 is 0 Å². The molecule has 1 heterocycles. The molecule has 0 atom stereocenters. The van der Waals surface area contributed by atoms with Crippen LogP contribution < -0.4 is 15.5 Å². The highest BCUT2D eigenvalue weighted by Crippen LogP contribution is 2.18. The lowest BCUT2D eigenvalue weighted by Crippen LogP contribution is -2.47. The van der Waals surface area contributed by atoms with Gasteiger partial charge in [-0.3, -0.25) is 14.5 Å². The zero-order valence-electron chi connectivity index (χ0n) is 17.6. The van der Waals surface area contributed by atoms with Gasteiger partial charge in [-0.25, -0.2) is 4.39 Å². The monoisotopic (exact) mass is 412 g/mol. The Morgan fingerprint density at radius 2 is 1.83 bits per heavy atom. The summed E-state index contributed by atoms with van der Waals surface area (Å²) in [5, 5.41) is 5.33. The fourth-order valence-corrected chi connectivity index (χ4v) is 3.63. The highest BCUT2D eigenvalue weighted by molar-refractivity contribution is 5.97.